The van der Waals surface area contributed by atoms with Gasteiger partial charge in [-0.05, 0) is 90.7 Å². The number of aliphatic carboxylic acids is 2. The Bertz CT molecular complexity index is 1370. The molecule has 0 fully saturated rings. The molecule has 0 aliphatic heterocycles. The van der Waals surface area contributed by atoms with E-state index in [1.807, 2.05) is 6.07 Å². The van der Waals surface area contributed by atoms with Crippen LogP contribution in [0.15, 0.2) is 53.4 Å². The Labute approximate surface area is 249 Å². The van der Waals surface area contributed by atoms with Gasteiger partial charge in [0.1, 0.15) is 12.1 Å². The average molecular weight is 704 g/mol. The van der Waals surface area contributed by atoms with Gasteiger partial charge in [0.25, 0.3) is 5.91 Å². The third-order valence-electron chi connectivity index (χ3n) is 5.63. The van der Waals surface area contributed by atoms with Crippen molar-refractivity contribution in [3.05, 3.63) is 57.7 Å². The zero-order valence-corrected chi connectivity index (χ0v) is 24.6. The molecule has 4 amide bonds. The summed E-state index contributed by atoms with van der Waals surface area (Å²) in [5.41, 5.74) is 0.751. The van der Waals surface area contributed by atoms with Gasteiger partial charge in [0.05, 0.1) is 4.90 Å². The molecule has 2 atom stereocenters. The molecule has 0 bridgehead atoms. The molecule has 0 radical (unpaired) electrons. The third kappa shape index (κ3) is 12.1. The van der Waals surface area contributed by atoms with Crippen molar-refractivity contribution in [1.29, 1.82) is 0 Å². The highest BCUT2D eigenvalue weighted by atomic mass is 127. The predicted molar refractivity (Wildman–Crippen MR) is 156 cm³/mol. The van der Waals surface area contributed by atoms with Crippen LogP contribution in [0.2, 0.25) is 0 Å². The zero-order chi connectivity index (χ0) is 30.6. The second-order valence-electron chi connectivity index (χ2n) is 8.82. The van der Waals surface area contributed by atoms with Gasteiger partial charge in [-0.1, -0.05) is 6.07 Å². The maximum absolute atomic E-state index is 12.3. The number of carbonyl (C=O) groups excluding carboxylic acids is 3. The van der Waals surface area contributed by atoms with Crippen molar-refractivity contribution in [3.8, 4) is 0 Å². The first-order valence-corrected chi connectivity index (χ1v) is 14.9. The fraction of sp³-hybridized carbons (Fsp3) is 0.320. The summed E-state index contributed by atoms with van der Waals surface area (Å²) in [6.45, 7) is 0.294. The van der Waals surface area contributed by atoms with E-state index in [9.17, 15) is 42.6 Å². The molecule has 0 saturated carbocycles. The van der Waals surface area contributed by atoms with Crippen LogP contribution in [-0.4, -0.2) is 67.0 Å². The molecule has 2 aromatic carbocycles. The number of hydrogen-bond acceptors (Lipinski definition) is 7. The molecule has 14 nitrogen and oxygen atoms in total. The third-order valence-corrected chi connectivity index (χ3v) is 7.23. The van der Waals surface area contributed by atoms with Crippen LogP contribution in [0.3, 0.4) is 0 Å². The highest BCUT2D eigenvalue weighted by Crippen LogP contribution is 2.13. The zero-order valence-electron chi connectivity index (χ0n) is 21.6. The number of rotatable bonds is 15. The van der Waals surface area contributed by atoms with Crippen LogP contribution in [0, 0.1) is 3.57 Å². The molecule has 222 valence electrons. The van der Waals surface area contributed by atoms with E-state index in [4.69, 9.17) is 5.14 Å². The number of anilines is 1. The molecule has 2 rings (SSSR count). The second kappa shape index (κ2) is 15.9. The summed E-state index contributed by atoms with van der Waals surface area (Å²) in [6.07, 6.45) is 0.212. The Kier molecular flexibility index (Phi) is 12.9. The Hall–Kier alpha value is -3.77. The molecular weight excluding hydrogens is 673 g/mol. The number of nitrogens with one attached hydrogen (secondary N) is 4. The summed E-state index contributed by atoms with van der Waals surface area (Å²) in [6, 6.07) is 8.19. The molecular formula is C25H30IN5O9S. The molecule has 2 aromatic rings. The van der Waals surface area contributed by atoms with E-state index < -0.39 is 46.0 Å². The quantitative estimate of drug-likeness (QED) is 0.105. The van der Waals surface area contributed by atoms with Gasteiger partial charge in [-0.15, -0.1) is 0 Å². The minimum atomic E-state index is -3.90. The number of halogens is 1. The number of benzene rings is 2. The number of carbonyl (C=O) groups is 5. The van der Waals surface area contributed by atoms with E-state index >= 15 is 0 Å². The summed E-state index contributed by atoms with van der Waals surface area (Å²) < 4.78 is 23.5. The fourth-order valence-corrected chi connectivity index (χ4v) is 4.57. The summed E-state index contributed by atoms with van der Waals surface area (Å²) in [5.74, 6) is -3.60. The van der Waals surface area contributed by atoms with E-state index in [0.29, 0.717) is 24.9 Å². The van der Waals surface area contributed by atoms with Gasteiger partial charge in [0, 0.05) is 27.8 Å². The van der Waals surface area contributed by atoms with Crippen molar-refractivity contribution >= 4 is 68.1 Å². The normalized spacial score (nSPS) is 12.4. The van der Waals surface area contributed by atoms with Crippen LogP contribution in [0.1, 0.15) is 42.5 Å². The predicted octanol–water partition coefficient (Wildman–Crippen LogP) is 1.46. The number of hydrogen-bond donors (Lipinski definition) is 7. The Morgan fingerprint density at radius 1 is 0.878 bits per heavy atom. The van der Waals surface area contributed by atoms with Gasteiger partial charge in [-0.3, -0.25) is 9.59 Å². The van der Waals surface area contributed by atoms with E-state index in [0.717, 1.165) is 3.57 Å². The van der Waals surface area contributed by atoms with E-state index in [1.54, 1.807) is 18.2 Å². The molecule has 0 aromatic heterocycles. The van der Waals surface area contributed by atoms with Crippen molar-refractivity contribution in [2.45, 2.75) is 49.1 Å². The number of unbranched alkanes of at least 4 members (excludes halogenated alkanes) is 1. The number of sulfonamides is 1. The molecule has 0 aliphatic carbocycles. The lowest BCUT2D eigenvalue weighted by molar-refractivity contribution is -0.139. The van der Waals surface area contributed by atoms with Crippen molar-refractivity contribution in [2.75, 3.05) is 11.9 Å². The summed E-state index contributed by atoms with van der Waals surface area (Å²) in [4.78, 5) is 59.7. The Morgan fingerprint density at radius 3 is 2.05 bits per heavy atom. The van der Waals surface area contributed by atoms with Gasteiger partial charge < -0.3 is 31.5 Å². The summed E-state index contributed by atoms with van der Waals surface area (Å²) >= 11 is 2.09. The first-order valence-electron chi connectivity index (χ1n) is 12.3. The van der Waals surface area contributed by atoms with Gasteiger partial charge in [0.15, 0.2) is 0 Å². The fourth-order valence-electron chi connectivity index (χ4n) is 3.51. The highest BCUT2D eigenvalue weighted by Gasteiger charge is 2.25. The molecule has 0 aliphatic rings. The lowest BCUT2D eigenvalue weighted by Crippen LogP contribution is -2.51. The minimum absolute atomic E-state index is 0.0340. The van der Waals surface area contributed by atoms with E-state index in [1.165, 1.54) is 24.3 Å². The number of nitrogens with two attached hydrogens (primary N) is 1. The topological polar surface area (TPSA) is 234 Å². The van der Waals surface area contributed by atoms with Gasteiger partial charge in [0.2, 0.25) is 15.9 Å². The van der Waals surface area contributed by atoms with Crippen molar-refractivity contribution in [2.24, 2.45) is 5.14 Å². The lowest BCUT2D eigenvalue weighted by Gasteiger charge is -2.18. The van der Waals surface area contributed by atoms with E-state index in [2.05, 4.69) is 43.9 Å². The number of carboxylic acid groups (broad SMARTS) is 2. The first-order chi connectivity index (χ1) is 19.3. The summed E-state index contributed by atoms with van der Waals surface area (Å²) in [7, 11) is -3.90. The molecule has 16 heteroatoms. The van der Waals surface area contributed by atoms with Crippen molar-refractivity contribution in [3.63, 3.8) is 0 Å². The van der Waals surface area contributed by atoms with Crippen LogP contribution in [0.4, 0.5) is 10.5 Å². The number of amides is 4. The minimum Gasteiger partial charge on any atom is -0.480 e. The molecule has 0 heterocycles. The molecule has 41 heavy (non-hydrogen) atoms. The van der Waals surface area contributed by atoms with Gasteiger partial charge in [-0.25, -0.2) is 27.9 Å². The molecule has 8 N–H and O–H groups in total. The highest BCUT2D eigenvalue weighted by molar-refractivity contribution is 14.1. The number of carboxylic acids is 2. The first kappa shape index (κ1) is 33.4. The van der Waals surface area contributed by atoms with Crippen molar-refractivity contribution < 1.29 is 42.6 Å². The van der Waals surface area contributed by atoms with E-state index in [-0.39, 0.29) is 35.8 Å². The number of primary sulfonamides is 1. The summed E-state index contributed by atoms with van der Waals surface area (Å²) in [5, 5.41) is 33.5. The molecule has 0 unspecified atom stereocenters. The molecule has 0 spiro atoms. The standard InChI is InChI=1S/C25H30IN5O9S/c26-16-5-3-4-15(14-16)22(33)28-13-2-1-6-19(23(34)35)30-25(38)31-20(24(36)37)11-12-21(32)29-17-7-9-18(10-8-17)41(27,39)40/h3-5,7-10,14,19-20H,1-2,6,11-13H2,(H,28,33)(H,29,32)(H,34,35)(H,36,37)(H2,27,39,40)(H2,30,31,38)/t19-,20-/m0/s1. The SMILES string of the molecule is NS(=O)(=O)c1ccc(NC(=O)CC[C@H](NC(=O)N[C@@H](CCCCNC(=O)c2cccc(I)c2)C(=O)O)C(=O)O)cc1. The average Bonchev–Trinajstić information content (AvgIpc) is 2.89. The Morgan fingerprint density at radius 2 is 1.49 bits per heavy atom. The largest absolute Gasteiger partial charge is 0.480 e. The van der Waals surface area contributed by atoms with Crippen LogP contribution >= 0.6 is 22.6 Å². The second-order valence-corrected chi connectivity index (χ2v) is 11.6. The van der Waals surface area contributed by atoms with Crippen LogP contribution < -0.4 is 26.4 Å². The van der Waals surface area contributed by atoms with Crippen LogP contribution in [0.25, 0.3) is 0 Å². The monoisotopic (exact) mass is 703 g/mol. The Balaban J connectivity index is 1.78. The smallest absolute Gasteiger partial charge is 0.326 e. The van der Waals surface area contributed by atoms with Crippen molar-refractivity contribution in [1.82, 2.24) is 16.0 Å². The van der Waals surface area contributed by atoms with Gasteiger partial charge >= 0.3 is 18.0 Å². The maximum atomic E-state index is 12.3. The van der Waals surface area contributed by atoms with Gasteiger partial charge in [-0.2, -0.15) is 0 Å². The number of urea groups is 1. The lowest BCUT2D eigenvalue weighted by atomic mass is 10.1. The van der Waals surface area contributed by atoms with Crippen LogP contribution in [0.5, 0.6) is 0 Å². The maximum Gasteiger partial charge on any atom is 0.326 e. The molecule has 0 saturated heterocycles. The van der Waals surface area contributed by atoms with Crippen LogP contribution in [-0.2, 0) is 24.4 Å².